The van der Waals surface area contributed by atoms with Crippen molar-refractivity contribution in [1.29, 1.82) is 0 Å². The van der Waals surface area contributed by atoms with E-state index in [9.17, 15) is 9.59 Å². The highest BCUT2D eigenvalue weighted by molar-refractivity contribution is 5.94. The van der Waals surface area contributed by atoms with Crippen molar-refractivity contribution in [2.45, 2.75) is 13.8 Å². The lowest BCUT2D eigenvalue weighted by molar-refractivity contribution is -0.118. The third-order valence-corrected chi connectivity index (χ3v) is 6.11. The van der Waals surface area contributed by atoms with Crippen molar-refractivity contribution in [3.05, 3.63) is 83.4 Å². The standard InChI is InChI=1S/C28H31N3O4/c1-20-4-13-26(21(2)18-20)35-19-27(32)29-23-7-9-24(10-8-23)30-14-16-31(17-15-30)28(33)22-5-11-25(34-3)12-6-22/h4-13,18H,14-17,19H2,1-3H3,(H,29,32). The van der Waals surface area contributed by atoms with Gasteiger partial charge in [0.05, 0.1) is 7.11 Å². The summed E-state index contributed by atoms with van der Waals surface area (Å²) in [6.45, 7) is 6.74. The molecule has 1 N–H and O–H groups in total. The van der Waals surface area contributed by atoms with E-state index in [-0.39, 0.29) is 18.4 Å². The van der Waals surface area contributed by atoms with Crippen LogP contribution in [0.5, 0.6) is 11.5 Å². The van der Waals surface area contributed by atoms with E-state index in [0.29, 0.717) is 24.4 Å². The molecular weight excluding hydrogens is 442 g/mol. The Morgan fingerprint density at radius 1 is 0.886 bits per heavy atom. The fourth-order valence-corrected chi connectivity index (χ4v) is 4.14. The number of carbonyl (C=O) groups excluding carboxylic acids is 2. The molecule has 0 bridgehead atoms. The molecule has 0 atom stereocenters. The summed E-state index contributed by atoms with van der Waals surface area (Å²) in [5.41, 5.74) is 4.61. The van der Waals surface area contributed by atoms with Crippen LogP contribution in [0.2, 0.25) is 0 Å². The van der Waals surface area contributed by atoms with Crippen LogP contribution in [0, 0.1) is 13.8 Å². The molecule has 0 aliphatic carbocycles. The third-order valence-electron chi connectivity index (χ3n) is 6.11. The van der Waals surface area contributed by atoms with Crippen LogP contribution in [0.25, 0.3) is 0 Å². The maximum absolute atomic E-state index is 12.8. The SMILES string of the molecule is COc1ccc(C(=O)N2CCN(c3ccc(NC(=O)COc4ccc(C)cc4C)cc3)CC2)cc1. The average molecular weight is 474 g/mol. The summed E-state index contributed by atoms with van der Waals surface area (Å²) in [5, 5.41) is 2.88. The van der Waals surface area contributed by atoms with Gasteiger partial charge < -0.3 is 24.6 Å². The Morgan fingerprint density at radius 3 is 2.20 bits per heavy atom. The van der Waals surface area contributed by atoms with Gasteiger partial charge in [-0.15, -0.1) is 0 Å². The fourth-order valence-electron chi connectivity index (χ4n) is 4.14. The maximum atomic E-state index is 12.8. The van der Waals surface area contributed by atoms with Crippen molar-refractivity contribution < 1.29 is 19.1 Å². The van der Waals surface area contributed by atoms with Crippen LogP contribution in [0.1, 0.15) is 21.5 Å². The molecule has 7 nitrogen and oxygen atoms in total. The summed E-state index contributed by atoms with van der Waals surface area (Å²) in [6.07, 6.45) is 0. The Labute approximate surface area is 206 Å². The lowest BCUT2D eigenvalue weighted by atomic mass is 10.1. The molecule has 0 spiro atoms. The molecule has 3 aromatic rings. The number of piperazine rings is 1. The summed E-state index contributed by atoms with van der Waals surface area (Å²) >= 11 is 0. The zero-order chi connectivity index (χ0) is 24.8. The Balaban J connectivity index is 1.25. The van der Waals surface area contributed by atoms with E-state index in [4.69, 9.17) is 9.47 Å². The predicted molar refractivity (Wildman–Crippen MR) is 138 cm³/mol. The number of ether oxygens (including phenoxy) is 2. The first-order valence-corrected chi connectivity index (χ1v) is 11.7. The van der Waals surface area contributed by atoms with Gasteiger partial charge in [0.15, 0.2) is 6.61 Å². The van der Waals surface area contributed by atoms with Gasteiger partial charge >= 0.3 is 0 Å². The van der Waals surface area contributed by atoms with Crippen molar-refractivity contribution in [1.82, 2.24) is 4.90 Å². The number of hydrogen-bond donors (Lipinski definition) is 1. The zero-order valence-electron chi connectivity index (χ0n) is 20.4. The van der Waals surface area contributed by atoms with Gasteiger partial charge in [0.2, 0.25) is 0 Å². The summed E-state index contributed by atoms with van der Waals surface area (Å²) in [4.78, 5) is 29.2. The van der Waals surface area contributed by atoms with Gasteiger partial charge in [-0.05, 0) is 74.0 Å². The van der Waals surface area contributed by atoms with E-state index in [1.807, 2.05) is 61.2 Å². The van der Waals surface area contributed by atoms with E-state index >= 15 is 0 Å². The first-order chi connectivity index (χ1) is 16.9. The molecule has 1 saturated heterocycles. The first-order valence-electron chi connectivity index (χ1n) is 11.7. The molecule has 2 amide bonds. The van der Waals surface area contributed by atoms with Crippen LogP contribution >= 0.6 is 0 Å². The number of hydrogen-bond acceptors (Lipinski definition) is 5. The Morgan fingerprint density at radius 2 is 1.57 bits per heavy atom. The number of carbonyl (C=O) groups is 2. The first kappa shape index (κ1) is 24.1. The predicted octanol–water partition coefficient (Wildman–Crippen LogP) is 4.29. The number of amides is 2. The van der Waals surface area contributed by atoms with E-state index in [1.54, 1.807) is 31.4 Å². The van der Waals surface area contributed by atoms with Crippen LogP contribution in [0.15, 0.2) is 66.7 Å². The van der Waals surface area contributed by atoms with Crippen LogP contribution < -0.4 is 19.7 Å². The van der Waals surface area contributed by atoms with Crippen LogP contribution in [-0.4, -0.2) is 56.6 Å². The highest BCUT2D eigenvalue weighted by atomic mass is 16.5. The number of aryl methyl sites for hydroxylation is 2. The molecule has 0 aromatic heterocycles. The van der Waals surface area contributed by atoms with Crippen molar-refractivity contribution >= 4 is 23.2 Å². The number of methoxy groups -OCH3 is 1. The fraction of sp³-hybridized carbons (Fsp3) is 0.286. The minimum absolute atomic E-state index is 0.0356. The molecule has 4 rings (SSSR count). The van der Waals surface area contributed by atoms with Gasteiger partial charge in [-0.3, -0.25) is 9.59 Å². The van der Waals surface area contributed by atoms with Crippen LogP contribution in [-0.2, 0) is 4.79 Å². The summed E-state index contributed by atoms with van der Waals surface area (Å²) in [7, 11) is 1.61. The second-order valence-electron chi connectivity index (χ2n) is 8.66. The Hall–Kier alpha value is -4.00. The van der Waals surface area contributed by atoms with Gasteiger partial charge in [0, 0.05) is 43.1 Å². The number of rotatable bonds is 7. The van der Waals surface area contributed by atoms with Gasteiger partial charge in [0.25, 0.3) is 11.8 Å². The molecule has 1 fully saturated rings. The second-order valence-corrected chi connectivity index (χ2v) is 8.66. The van der Waals surface area contributed by atoms with Gasteiger partial charge in [-0.1, -0.05) is 17.7 Å². The minimum atomic E-state index is -0.205. The quantitative estimate of drug-likeness (QED) is 0.554. The summed E-state index contributed by atoms with van der Waals surface area (Å²) in [5.74, 6) is 1.28. The van der Waals surface area contributed by atoms with Gasteiger partial charge in [0.1, 0.15) is 11.5 Å². The lowest BCUT2D eigenvalue weighted by Crippen LogP contribution is -2.48. The van der Waals surface area contributed by atoms with E-state index in [0.717, 1.165) is 41.3 Å². The van der Waals surface area contributed by atoms with Crippen molar-refractivity contribution in [3.8, 4) is 11.5 Å². The maximum Gasteiger partial charge on any atom is 0.262 e. The molecule has 1 aliphatic rings. The molecule has 1 aliphatic heterocycles. The van der Waals surface area contributed by atoms with Gasteiger partial charge in [-0.25, -0.2) is 0 Å². The van der Waals surface area contributed by atoms with Crippen molar-refractivity contribution in [2.75, 3.05) is 50.1 Å². The normalized spacial score (nSPS) is 13.3. The molecule has 0 radical (unpaired) electrons. The average Bonchev–Trinajstić information content (AvgIpc) is 2.88. The molecular formula is C28H31N3O4. The van der Waals surface area contributed by atoms with Crippen LogP contribution in [0.4, 0.5) is 11.4 Å². The van der Waals surface area contributed by atoms with E-state index in [1.165, 1.54) is 0 Å². The third kappa shape index (κ3) is 6.12. The highest BCUT2D eigenvalue weighted by Gasteiger charge is 2.22. The second kappa shape index (κ2) is 11.0. The zero-order valence-corrected chi connectivity index (χ0v) is 20.4. The molecule has 3 aromatic carbocycles. The molecule has 0 unspecified atom stereocenters. The molecule has 7 heteroatoms. The van der Waals surface area contributed by atoms with Crippen molar-refractivity contribution in [3.63, 3.8) is 0 Å². The van der Waals surface area contributed by atoms with Crippen LogP contribution in [0.3, 0.4) is 0 Å². The van der Waals surface area contributed by atoms with Crippen molar-refractivity contribution in [2.24, 2.45) is 0 Å². The number of nitrogens with one attached hydrogen (secondary N) is 1. The summed E-state index contributed by atoms with van der Waals surface area (Å²) in [6, 6.07) is 20.8. The van der Waals surface area contributed by atoms with E-state index in [2.05, 4.69) is 10.2 Å². The Bertz CT molecular complexity index is 1170. The lowest BCUT2D eigenvalue weighted by Gasteiger charge is -2.36. The molecule has 0 saturated carbocycles. The largest absolute Gasteiger partial charge is 0.497 e. The minimum Gasteiger partial charge on any atom is -0.497 e. The monoisotopic (exact) mass is 473 g/mol. The Kier molecular flexibility index (Phi) is 7.55. The molecule has 1 heterocycles. The van der Waals surface area contributed by atoms with Gasteiger partial charge in [-0.2, -0.15) is 0 Å². The highest BCUT2D eigenvalue weighted by Crippen LogP contribution is 2.22. The van der Waals surface area contributed by atoms with E-state index < -0.39 is 0 Å². The topological polar surface area (TPSA) is 71.1 Å². The smallest absolute Gasteiger partial charge is 0.262 e. The number of nitrogens with zero attached hydrogens (tertiary/aromatic N) is 2. The molecule has 35 heavy (non-hydrogen) atoms. The summed E-state index contributed by atoms with van der Waals surface area (Å²) < 4.78 is 10.8. The number of benzene rings is 3. The number of anilines is 2. The molecule has 182 valence electrons.